The second kappa shape index (κ2) is 11.0. The zero-order valence-corrected chi connectivity index (χ0v) is 21.7. The van der Waals surface area contributed by atoms with E-state index < -0.39 is 11.7 Å². The van der Waals surface area contributed by atoms with E-state index in [0.29, 0.717) is 25.9 Å². The smallest absolute Gasteiger partial charge is 0.222 e. The highest BCUT2D eigenvalue weighted by Gasteiger charge is 2.43. The van der Waals surface area contributed by atoms with Gasteiger partial charge in [-0.25, -0.2) is 0 Å². The van der Waals surface area contributed by atoms with Gasteiger partial charge in [0, 0.05) is 25.4 Å². The summed E-state index contributed by atoms with van der Waals surface area (Å²) in [4.78, 5) is 15.0. The Morgan fingerprint density at radius 2 is 1.42 bits per heavy atom. The molecular formula is C32H39NO3. The van der Waals surface area contributed by atoms with Crippen LogP contribution < -0.4 is 0 Å². The summed E-state index contributed by atoms with van der Waals surface area (Å²) < 4.78 is 0. The van der Waals surface area contributed by atoms with Crippen molar-refractivity contribution in [1.29, 1.82) is 0 Å². The number of aliphatic hydroxyl groups excluding tert-OH is 1. The number of benzene rings is 3. The molecule has 2 N–H and O–H groups in total. The average molecular weight is 486 g/mol. The van der Waals surface area contributed by atoms with Gasteiger partial charge in [0.15, 0.2) is 0 Å². The SMILES string of the molecule is CC(C)(C)c1ccc(C(O)CCCN2CCC(C(O)(c3ccccc3)c3ccccc3)CC2=O)cc1. The average Bonchev–Trinajstić information content (AvgIpc) is 2.89. The molecule has 1 fully saturated rings. The molecule has 3 aromatic carbocycles. The van der Waals surface area contributed by atoms with Crippen LogP contribution in [0, 0.1) is 5.92 Å². The normalized spacial score (nSPS) is 17.8. The molecule has 4 rings (SSSR count). The van der Waals surface area contributed by atoms with Crippen LogP contribution in [0.5, 0.6) is 0 Å². The molecule has 1 aliphatic rings. The number of hydrogen-bond donors (Lipinski definition) is 2. The van der Waals surface area contributed by atoms with Crippen molar-refractivity contribution in [3.63, 3.8) is 0 Å². The Morgan fingerprint density at radius 3 is 1.92 bits per heavy atom. The molecule has 0 saturated carbocycles. The third kappa shape index (κ3) is 5.71. The number of carbonyl (C=O) groups is 1. The Bertz CT molecular complexity index is 1080. The maximum absolute atomic E-state index is 13.1. The van der Waals surface area contributed by atoms with E-state index in [4.69, 9.17) is 0 Å². The highest BCUT2D eigenvalue weighted by Crippen LogP contribution is 2.42. The van der Waals surface area contributed by atoms with Crippen molar-refractivity contribution in [1.82, 2.24) is 4.90 Å². The summed E-state index contributed by atoms with van der Waals surface area (Å²) in [5.74, 6) is -0.126. The van der Waals surface area contributed by atoms with Crippen molar-refractivity contribution < 1.29 is 15.0 Å². The Morgan fingerprint density at radius 1 is 0.861 bits per heavy atom. The number of rotatable bonds is 8. The summed E-state index contributed by atoms with van der Waals surface area (Å²) in [5.41, 5.74) is 2.69. The highest BCUT2D eigenvalue weighted by atomic mass is 16.3. The number of aliphatic hydroxyl groups is 2. The first-order valence-electron chi connectivity index (χ1n) is 13.1. The third-order valence-electron chi connectivity index (χ3n) is 7.61. The van der Waals surface area contributed by atoms with E-state index in [1.54, 1.807) is 0 Å². The van der Waals surface area contributed by atoms with E-state index >= 15 is 0 Å². The van der Waals surface area contributed by atoms with Gasteiger partial charge in [-0.15, -0.1) is 0 Å². The van der Waals surface area contributed by atoms with E-state index in [-0.39, 0.29) is 17.2 Å². The zero-order chi connectivity index (χ0) is 25.8. The lowest BCUT2D eigenvalue weighted by atomic mass is 9.72. The quantitative estimate of drug-likeness (QED) is 0.413. The molecule has 0 bridgehead atoms. The summed E-state index contributed by atoms with van der Waals surface area (Å²) in [6, 6.07) is 27.6. The summed E-state index contributed by atoms with van der Waals surface area (Å²) in [6.45, 7) is 7.77. The molecule has 1 heterocycles. The monoisotopic (exact) mass is 485 g/mol. The van der Waals surface area contributed by atoms with Gasteiger partial charge in [-0.1, -0.05) is 106 Å². The van der Waals surface area contributed by atoms with Gasteiger partial charge in [0.1, 0.15) is 5.60 Å². The van der Waals surface area contributed by atoms with Crippen LogP contribution in [0.4, 0.5) is 0 Å². The summed E-state index contributed by atoms with van der Waals surface area (Å²) >= 11 is 0. The van der Waals surface area contributed by atoms with Crippen LogP contribution in [0.15, 0.2) is 84.9 Å². The molecule has 3 aromatic rings. The predicted octanol–water partition coefficient (Wildman–Crippen LogP) is 5.97. The van der Waals surface area contributed by atoms with E-state index in [0.717, 1.165) is 29.5 Å². The summed E-state index contributed by atoms with van der Waals surface area (Å²) in [6.07, 6.45) is 1.84. The lowest BCUT2D eigenvalue weighted by Crippen LogP contribution is -2.47. The van der Waals surface area contributed by atoms with Crippen molar-refractivity contribution in [3.05, 3.63) is 107 Å². The lowest BCUT2D eigenvalue weighted by Gasteiger charge is -2.42. The highest BCUT2D eigenvalue weighted by molar-refractivity contribution is 5.77. The fraction of sp³-hybridized carbons (Fsp3) is 0.406. The molecule has 1 aliphatic heterocycles. The second-order valence-corrected chi connectivity index (χ2v) is 11.1. The Hall–Kier alpha value is -2.95. The summed E-state index contributed by atoms with van der Waals surface area (Å²) in [7, 11) is 0. The first-order chi connectivity index (χ1) is 17.2. The van der Waals surface area contributed by atoms with Gasteiger partial charge in [-0.2, -0.15) is 0 Å². The van der Waals surface area contributed by atoms with Gasteiger partial charge >= 0.3 is 0 Å². The minimum absolute atomic E-state index is 0.0700. The predicted molar refractivity (Wildman–Crippen MR) is 145 cm³/mol. The van der Waals surface area contributed by atoms with Crippen LogP contribution >= 0.6 is 0 Å². The first-order valence-corrected chi connectivity index (χ1v) is 13.1. The van der Waals surface area contributed by atoms with Gasteiger partial charge < -0.3 is 15.1 Å². The molecule has 1 amide bonds. The Kier molecular flexibility index (Phi) is 7.97. The lowest BCUT2D eigenvalue weighted by molar-refractivity contribution is -0.139. The van der Waals surface area contributed by atoms with Crippen LogP contribution in [0.25, 0.3) is 0 Å². The van der Waals surface area contributed by atoms with Crippen LogP contribution in [-0.2, 0) is 15.8 Å². The van der Waals surface area contributed by atoms with E-state index in [9.17, 15) is 15.0 Å². The maximum atomic E-state index is 13.1. The number of carbonyl (C=O) groups excluding carboxylic acids is 1. The standard InChI is InChI=1S/C32H39NO3/c1-31(2,3)25-18-16-24(17-19-25)29(34)15-10-21-33-22-20-28(23-30(33)35)32(36,26-11-6-4-7-12-26)27-13-8-5-9-14-27/h4-9,11-14,16-19,28-29,34,36H,10,15,20-23H2,1-3H3. The molecule has 0 spiro atoms. The number of piperidine rings is 1. The number of amides is 1. The van der Waals surface area contributed by atoms with Crippen LogP contribution in [0.2, 0.25) is 0 Å². The molecule has 0 aliphatic carbocycles. The van der Waals surface area contributed by atoms with Crippen molar-refractivity contribution in [2.45, 2.75) is 63.6 Å². The number of nitrogens with zero attached hydrogens (tertiary/aromatic N) is 1. The Balaban J connectivity index is 1.37. The third-order valence-corrected chi connectivity index (χ3v) is 7.61. The molecule has 2 atom stereocenters. The summed E-state index contributed by atoms with van der Waals surface area (Å²) in [5, 5.41) is 22.7. The fourth-order valence-corrected chi connectivity index (χ4v) is 5.34. The second-order valence-electron chi connectivity index (χ2n) is 11.1. The van der Waals surface area contributed by atoms with Gasteiger partial charge in [0.25, 0.3) is 0 Å². The Labute approximate surface area is 215 Å². The number of hydrogen-bond acceptors (Lipinski definition) is 3. The maximum Gasteiger partial charge on any atom is 0.222 e. The molecule has 4 heteroatoms. The van der Waals surface area contributed by atoms with Crippen LogP contribution in [0.3, 0.4) is 0 Å². The van der Waals surface area contributed by atoms with Crippen molar-refractivity contribution in [2.75, 3.05) is 13.1 Å². The van der Waals surface area contributed by atoms with Gasteiger partial charge in [-0.05, 0) is 46.9 Å². The minimum Gasteiger partial charge on any atom is -0.388 e. The van der Waals surface area contributed by atoms with E-state index in [2.05, 4.69) is 32.9 Å². The van der Waals surface area contributed by atoms with E-state index in [1.807, 2.05) is 77.7 Å². The first kappa shape index (κ1) is 26.1. The molecular weight excluding hydrogens is 446 g/mol. The molecule has 0 aromatic heterocycles. The molecule has 36 heavy (non-hydrogen) atoms. The zero-order valence-electron chi connectivity index (χ0n) is 21.7. The minimum atomic E-state index is -1.21. The molecule has 2 unspecified atom stereocenters. The van der Waals surface area contributed by atoms with Crippen molar-refractivity contribution >= 4 is 5.91 Å². The van der Waals surface area contributed by atoms with Crippen LogP contribution in [0.1, 0.15) is 74.8 Å². The molecule has 0 radical (unpaired) electrons. The molecule has 1 saturated heterocycles. The number of likely N-dealkylation sites (tertiary alicyclic amines) is 1. The van der Waals surface area contributed by atoms with Crippen molar-refractivity contribution in [2.24, 2.45) is 5.92 Å². The van der Waals surface area contributed by atoms with Gasteiger partial charge in [-0.3, -0.25) is 4.79 Å². The van der Waals surface area contributed by atoms with Gasteiger partial charge in [0.2, 0.25) is 5.91 Å². The van der Waals surface area contributed by atoms with Gasteiger partial charge in [0.05, 0.1) is 6.10 Å². The van der Waals surface area contributed by atoms with E-state index in [1.165, 1.54) is 5.56 Å². The van der Waals surface area contributed by atoms with Crippen molar-refractivity contribution in [3.8, 4) is 0 Å². The largest absolute Gasteiger partial charge is 0.388 e. The molecule has 4 nitrogen and oxygen atoms in total. The van der Waals surface area contributed by atoms with Crippen LogP contribution in [-0.4, -0.2) is 34.1 Å². The molecule has 190 valence electrons. The fourth-order valence-electron chi connectivity index (χ4n) is 5.34. The topological polar surface area (TPSA) is 60.8 Å².